The van der Waals surface area contributed by atoms with Gasteiger partial charge in [0.05, 0.1) is 12.2 Å². The SMILES string of the molecule is CC1CCC(CNC2(CNC(=O)OC(C)(C)C)CCCC2)O1. The third kappa shape index (κ3) is 5.43. The van der Waals surface area contributed by atoms with E-state index in [1.165, 1.54) is 12.8 Å². The summed E-state index contributed by atoms with van der Waals surface area (Å²) < 4.78 is 11.2. The molecule has 0 radical (unpaired) electrons. The minimum absolute atomic E-state index is 0.00604. The lowest BCUT2D eigenvalue weighted by Gasteiger charge is -2.32. The zero-order chi connectivity index (χ0) is 16.2. The lowest BCUT2D eigenvalue weighted by atomic mass is 9.97. The van der Waals surface area contributed by atoms with Gasteiger partial charge >= 0.3 is 6.09 Å². The molecule has 128 valence electrons. The van der Waals surface area contributed by atoms with Gasteiger partial charge in [-0.05, 0) is 53.4 Å². The maximum absolute atomic E-state index is 11.9. The molecule has 1 aliphatic heterocycles. The maximum atomic E-state index is 11.9. The molecule has 2 N–H and O–H groups in total. The summed E-state index contributed by atoms with van der Waals surface area (Å²) in [7, 11) is 0. The quantitative estimate of drug-likeness (QED) is 0.819. The van der Waals surface area contributed by atoms with Crippen LogP contribution in [-0.4, -0.2) is 42.5 Å². The van der Waals surface area contributed by atoms with Crippen LogP contribution in [0.5, 0.6) is 0 Å². The van der Waals surface area contributed by atoms with Gasteiger partial charge in [-0.3, -0.25) is 0 Å². The van der Waals surface area contributed by atoms with E-state index in [1.54, 1.807) is 0 Å². The van der Waals surface area contributed by atoms with Crippen molar-refractivity contribution in [1.82, 2.24) is 10.6 Å². The van der Waals surface area contributed by atoms with Crippen LogP contribution < -0.4 is 10.6 Å². The lowest BCUT2D eigenvalue weighted by Crippen LogP contribution is -2.54. The molecule has 0 aromatic heterocycles. The highest BCUT2D eigenvalue weighted by molar-refractivity contribution is 5.67. The number of alkyl carbamates (subject to hydrolysis) is 1. The summed E-state index contributed by atoms with van der Waals surface area (Å²) >= 11 is 0. The number of carbonyl (C=O) groups excluding carboxylic acids is 1. The molecule has 2 fully saturated rings. The van der Waals surface area contributed by atoms with Crippen LogP contribution in [0.4, 0.5) is 4.79 Å². The molecular formula is C17H32N2O3. The number of carbonyl (C=O) groups is 1. The normalized spacial score (nSPS) is 27.8. The fourth-order valence-electron chi connectivity index (χ4n) is 3.39. The molecule has 1 amide bonds. The third-order valence-corrected chi connectivity index (χ3v) is 4.56. The van der Waals surface area contributed by atoms with Crippen LogP contribution in [0, 0.1) is 0 Å². The molecule has 1 saturated carbocycles. The zero-order valence-electron chi connectivity index (χ0n) is 14.5. The highest BCUT2D eigenvalue weighted by atomic mass is 16.6. The Labute approximate surface area is 134 Å². The molecule has 2 unspecified atom stereocenters. The van der Waals surface area contributed by atoms with Crippen molar-refractivity contribution >= 4 is 6.09 Å². The topological polar surface area (TPSA) is 59.6 Å². The van der Waals surface area contributed by atoms with Crippen molar-refractivity contribution < 1.29 is 14.3 Å². The largest absolute Gasteiger partial charge is 0.444 e. The first-order chi connectivity index (χ1) is 10.3. The van der Waals surface area contributed by atoms with Crippen molar-refractivity contribution in [3.63, 3.8) is 0 Å². The second-order valence-corrected chi connectivity index (χ2v) is 7.87. The van der Waals surface area contributed by atoms with Crippen LogP contribution in [0.1, 0.15) is 66.2 Å². The smallest absolute Gasteiger partial charge is 0.407 e. The Balaban J connectivity index is 1.79. The first-order valence-corrected chi connectivity index (χ1v) is 8.65. The molecular weight excluding hydrogens is 280 g/mol. The second-order valence-electron chi connectivity index (χ2n) is 7.87. The molecule has 1 saturated heterocycles. The van der Waals surface area contributed by atoms with Crippen molar-refractivity contribution in [2.24, 2.45) is 0 Å². The number of amides is 1. The summed E-state index contributed by atoms with van der Waals surface area (Å²) in [5, 5.41) is 6.62. The van der Waals surface area contributed by atoms with E-state index in [4.69, 9.17) is 9.47 Å². The van der Waals surface area contributed by atoms with Gasteiger partial charge in [0.1, 0.15) is 5.60 Å². The van der Waals surface area contributed by atoms with Gasteiger partial charge in [0, 0.05) is 18.6 Å². The number of nitrogens with one attached hydrogen (secondary N) is 2. The van der Waals surface area contributed by atoms with Crippen molar-refractivity contribution in [3.05, 3.63) is 0 Å². The molecule has 0 aromatic rings. The van der Waals surface area contributed by atoms with Crippen molar-refractivity contribution in [3.8, 4) is 0 Å². The second kappa shape index (κ2) is 7.18. The first-order valence-electron chi connectivity index (χ1n) is 8.65. The molecule has 1 heterocycles. The van der Waals surface area contributed by atoms with Gasteiger partial charge in [0.25, 0.3) is 0 Å². The Morgan fingerprint density at radius 2 is 1.95 bits per heavy atom. The number of hydrogen-bond donors (Lipinski definition) is 2. The Morgan fingerprint density at radius 3 is 2.50 bits per heavy atom. The first kappa shape index (κ1) is 17.5. The van der Waals surface area contributed by atoms with E-state index in [0.717, 1.165) is 32.2 Å². The monoisotopic (exact) mass is 312 g/mol. The number of hydrogen-bond acceptors (Lipinski definition) is 4. The van der Waals surface area contributed by atoms with Gasteiger partial charge in [-0.25, -0.2) is 4.79 Å². The predicted octanol–water partition coefficient (Wildman–Crippen LogP) is 2.98. The Morgan fingerprint density at radius 1 is 1.27 bits per heavy atom. The van der Waals surface area contributed by atoms with Crippen molar-refractivity contribution in [1.29, 1.82) is 0 Å². The van der Waals surface area contributed by atoms with Crippen molar-refractivity contribution in [2.75, 3.05) is 13.1 Å². The number of rotatable bonds is 5. The van der Waals surface area contributed by atoms with Gasteiger partial charge in [-0.1, -0.05) is 12.8 Å². The standard InChI is InChI=1S/C17H32N2O3/c1-13-7-8-14(21-13)11-19-17(9-5-6-10-17)12-18-15(20)22-16(2,3)4/h13-14,19H,5-12H2,1-4H3,(H,18,20). The minimum atomic E-state index is -0.450. The minimum Gasteiger partial charge on any atom is -0.444 e. The van der Waals surface area contributed by atoms with E-state index in [9.17, 15) is 4.79 Å². The highest BCUT2D eigenvalue weighted by Crippen LogP contribution is 2.30. The average molecular weight is 312 g/mol. The summed E-state index contributed by atoms with van der Waals surface area (Å²) in [6, 6.07) is 0. The van der Waals surface area contributed by atoms with Crippen LogP contribution >= 0.6 is 0 Å². The molecule has 2 atom stereocenters. The van der Waals surface area contributed by atoms with E-state index < -0.39 is 5.60 Å². The van der Waals surface area contributed by atoms with E-state index in [1.807, 2.05) is 20.8 Å². The average Bonchev–Trinajstić information content (AvgIpc) is 3.02. The molecule has 2 rings (SSSR count). The van der Waals surface area contributed by atoms with Crippen LogP contribution in [0.15, 0.2) is 0 Å². The van der Waals surface area contributed by atoms with Crippen LogP contribution in [0.3, 0.4) is 0 Å². The fourth-order valence-corrected chi connectivity index (χ4v) is 3.39. The van der Waals surface area contributed by atoms with Gasteiger partial charge in [-0.15, -0.1) is 0 Å². The van der Waals surface area contributed by atoms with Gasteiger partial charge in [0.15, 0.2) is 0 Å². The molecule has 0 spiro atoms. The molecule has 0 aromatic carbocycles. The van der Waals surface area contributed by atoms with Crippen LogP contribution in [0.2, 0.25) is 0 Å². The zero-order valence-corrected chi connectivity index (χ0v) is 14.5. The molecule has 22 heavy (non-hydrogen) atoms. The Bertz CT molecular complexity index is 373. The number of ether oxygens (including phenoxy) is 2. The maximum Gasteiger partial charge on any atom is 0.407 e. The van der Waals surface area contributed by atoms with Gasteiger partial charge < -0.3 is 20.1 Å². The van der Waals surface area contributed by atoms with E-state index >= 15 is 0 Å². The highest BCUT2D eigenvalue weighted by Gasteiger charge is 2.35. The summed E-state index contributed by atoms with van der Waals surface area (Å²) in [6.07, 6.45) is 7.28. The van der Waals surface area contributed by atoms with Crippen molar-refractivity contribution in [2.45, 2.75) is 89.6 Å². The molecule has 5 heteroatoms. The summed E-state index contributed by atoms with van der Waals surface area (Å²) in [5.74, 6) is 0. The summed E-state index contributed by atoms with van der Waals surface area (Å²) in [5.41, 5.74) is -0.444. The fraction of sp³-hybridized carbons (Fsp3) is 0.941. The van der Waals surface area contributed by atoms with Crippen LogP contribution in [-0.2, 0) is 9.47 Å². The van der Waals surface area contributed by atoms with E-state index in [2.05, 4.69) is 17.6 Å². The summed E-state index contributed by atoms with van der Waals surface area (Å²) in [4.78, 5) is 11.9. The molecule has 0 bridgehead atoms. The molecule has 1 aliphatic carbocycles. The van der Waals surface area contributed by atoms with E-state index in [0.29, 0.717) is 18.8 Å². The van der Waals surface area contributed by atoms with Crippen LogP contribution in [0.25, 0.3) is 0 Å². The predicted molar refractivity (Wildman–Crippen MR) is 87.0 cm³/mol. The van der Waals surface area contributed by atoms with Gasteiger partial charge in [-0.2, -0.15) is 0 Å². The molecule has 2 aliphatic rings. The third-order valence-electron chi connectivity index (χ3n) is 4.56. The summed E-state index contributed by atoms with van der Waals surface area (Å²) in [6.45, 7) is 9.29. The Kier molecular flexibility index (Phi) is 5.72. The van der Waals surface area contributed by atoms with Gasteiger partial charge in [0.2, 0.25) is 0 Å². The van der Waals surface area contributed by atoms with E-state index in [-0.39, 0.29) is 11.6 Å². The lowest BCUT2D eigenvalue weighted by molar-refractivity contribution is 0.0459. The Hall–Kier alpha value is -0.810. The molecule has 5 nitrogen and oxygen atoms in total.